The van der Waals surface area contributed by atoms with Crippen LogP contribution in [0.1, 0.15) is 6.42 Å². The van der Waals surface area contributed by atoms with Gasteiger partial charge in [-0.15, -0.1) is 0 Å². The van der Waals surface area contributed by atoms with Crippen LogP contribution in [0.2, 0.25) is 0 Å². The first-order chi connectivity index (χ1) is 15.9. The molecule has 33 heavy (non-hydrogen) atoms. The number of sulfonamides is 1. The highest BCUT2D eigenvalue weighted by molar-refractivity contribution is 7.89. The number of rotatable bonds is 6. The average Bonchev–Trinajstić information content (AvgIpc) is 2.86. The van der Waals surface area contributed by atoms with Crippen LogP contribution in [0.15, 0.2) is 59.5 Å². The molecule has 2 aromatic rings. The number of nitrogens with zero attached hydrogens (tertiary/aromatic N) is 3. The van der Waals surface area contributed by atoms with Gasteiger partial charge >= 0.3 is 0 Å². The number of piperazine rings is 2. The third-order valence-corrected chi connectivity index (χ3v) is 7.99. The minimum Gasteiger partial charge on any atom is -0.497 e. The van der Waals surface area contributed by atoms with Crippen LogP contribution in [0, 0.1) is 0 Å². The topological polar surface area (TPSA) is 99.3 Å². The lowest BCUT2D eigenvalue weighted by atomic mass is 10.1. The Balaban J connectivity index is 1.41. The second kappa shape index (κ2) is 9.80. The second-order valence-electron chi connectivity index (χ2n) is 8.01. The van der Waals surface area contributed by atoms with Gasteiger partial charge in [0.05, 0.1) is 18.4 Å². The lowest BCUT2D eigenvalue weighted by molar-refractivity contribution is -0.137. The summed E-state index contributed by atoms with van der Waals surface area (Å²) < 4.78 is 32.7. The fraction of sp³-hybridized carbons (Fsp3) is 0.391. The van der Waals surface area contributed by atoms with Crippen molar-refractivity contribution < 1.29 is 22.7 Å². The number of carbonyl (C=O) groups is 2. The van der Waals surface area contributed by atoms with Crippen molar-refractivity contribution in [3.8, 4) is 5.75 Å². The molecule has 2 amide bonds. The first-order valence-corrected chi connectivity index (χ1v) is 12.4. The van der Waals surface area contributed by atoms with Crippen molar-refractivity contribution >= 4 is 27.5 Å². The van der Waals surface area contributed by atoms with Crippen molar-refractivity contribution in [2.45, 2.75) is 17.4 Å². The second-order valence-corrected chi connectivity index (χ2v) is 9.90. The van der Waals surface area contributed by atoms with E-state index in [4.69, 9.17) is 4.74 Å². The monoisotopic (exact) mass is 472 g/mol. The van der Waals surface area contributed by atoms with Crippen molar-refractivity contribution in [2.75, 3.05) is 51.3 Å². The molecule has 10 heteroatoms. The van der Waals surface area contributed by atoms with Crippen LogP contribution in [0.5, 0.6) is 5.75 Å². The third kappa shape index (κ3) is 4.96. The van der Waals surface area contributed by atoms with Gasteiger partial charge in [-0.3, -0.25) is 9.59 Å². The van der Waals surface area contributed by atoms with Crippen LogP contribution in [0.4, 0.5) is 5.69 Å². The molecule has 9 nitrogen and oxygen atoms in total. The molecule has 176 valence electrons. The average molecular weight is 473 g/mol. The van der Waals surface area contributed by atoms with Crippen molar-refractivity contribution in [1.29, 1.82) is 0 Å². The van der Waals surface area contributed by atoms with Gasteiger partial charge in [0.25, 0.3) is 0 Å². The van der Waals surface area contributed by atoms with E-state index < -0.39 is 22.0 Å². The van der Waals surface area contributed by atoms with E-state index in [2.05, 4.69) is 10.2 Å². The fourth-order valence-corrected chi connectivity index (χ4v) is 5.81. The van der Waals surface area contributed by atoms with Gasteiger partial charge in [-0.25, -0.2) is 8.42 Å². The highest BCUT2D eigenvalue weighted by atomic mass is 32.2. The zero-order valence-electron chi connectivity index (χ0n) is 18.5. The number of nitrogens with one attached hydrogen (secondary N) is 1. The predicted molar refractivity (Wildman–Crippen MR) is 124 cm³/mol. The number of ether oxygens (including phenoxy) is 1. The molecule has 2 aliphatic rings. The smallest absolute Gasteiger partial charge is 0.243 e. The van der Waals surface area contributed by atoms with Crippen LogP contribution in [-0.4, -0.2) is 81.9 Å². The zero-order valence-corrected chi connectivity index (χ0v) is 19.3. The summed E-state index contributed by atoms with van der Waals surface area (Å²) in [6.07, 6.45) is -0.180. The molecule has 4 rings (SSSR count). The van der Waals surface area contributed by atoms with Crippen molar-refractivity contribution in [1.82, 2.24) is 14.5 Å². The Labute approximate surface area is 194 Å². The van der Waals surface area contributed by atoms with Gasteiger partial charge in [0.1, 0.15) is 11.8 Å². The Bertz CT molecular complexity index is 1080. The molecular formula is C23H28N4O5S. The molecule has 0 radical (unpaired) electrons. The minimum atomic E-state index is -3.89. The standard InChI is InChI=1S/C23H28N4O5S/c1-32-19-9-7-18(8-10-19)25-13-15-26(16-14-25)22(28)17-21-23(29)24-11-12-27(21)33(30,31)20-5-3-2-4-6-20/h2-10,21H,11-17H2,1H3,(H,24,29)/t21-/m0/s1. The summed E-state index contributed by atoms with van der Waals surface area (Å²) in [6.45, 7) is 2.67. The SMILES string of the molecule is COc1ccc(N2CCN(C(=O)C[C@H]3C(=O)NCCN3S(=O)(=O)c3ccccc3)CC2)cc1. The molecule has 2 fully saturated rings. The fourth-order valence-electron chi connectivity index (χ4n) is 4.21. The summed E-state index contributed by atoms with van der Waals surface area (Å²) in [5.74, 6) is 0.124. The van der Waals surface area contributed by atoms with Gasteiger partial charge in [-0.05, 0) is 36.4 Å². The Kier molecular flexibility index (Phi) is 6.85. The summed E-state index contributed by atoms with van der Waals surface area (Å²) in [5, 5.41) is 2.70. The molecule has 2 aliphatic heterocycles. The summed E-state index contributed by atoms with van der Waals surface area (Å²) in [7, 11) is -2.26. The number of anilines is 1. The van der Waals surface area contributed by atoms with Crippen LogP contribution in [0.25, 0.3) is 0 Å². The number of hydrogen-bond donors (Lipinski definition) is 1. The van der Waals surface area contributed by atoms with Crippen molar-refractivity contribution in [3.05, 3.63) is 54.6 Å². The summed E-state index contributed by atoms with van der Waals surface area (Å²) >= 11 is 0. The van der Waals surface area contributed by atoms with Crippen LogP contribution in [0.3, 0.4) is 0 Å². The third-order valence-electron chi connectivity index (χ3n) is 6.07. The van der Waals surface area contributed by atoms with E-state index in [0.29, 0.717) is 26.2 Å². The molecule has 0 aliphatic carbocycles. The molecule has 0 aromatic heterocycles. The maximum Gasteiger partial charge on any atom is 0.243 e. The Morgan fingerprint density at radius 2 is 1.67 bits per heavy atom. The first-order valence-electron chi connectivity index (χ1n) is 10.9. The molecule has 0 saturated carbocycles. The molecule has 2 aromatic carbocycles. The molecular weight excluding hydrogens is 444 g/mol. The lowest BCUT2D eigenvalue weighted by Crippen LogP contribution is -2.59. The molecule has 1 N–H and O–H groups in total. The maximum absolute atomic E-state index is 13.2. The van der Waals surface area contributed by atoms with E-state index in [-0.39, 0.29) is 30.3 Å². The molecule has 0 bridgehead atoms. The molecule has 1 atom stereocenters. The van der Waals surface area contributed by atoms with Gasteiger partial charge < -0.3 is 19.9 Å². The van der Waals surface area contributed by atoms with E-state index in [0.717, 1.165) is 15.7 Å². The van der Waals surface area contributed by atoms with Crippen LogP contribution < -0.4 is 15.0 Å². The van der Waals surface area contributed by atoms with E-state index >= 15 is 0 Å². The van der Waals surface area contributed by atoms with Crippen molar-refractivity contribution in [3.63, 3.8) is 0 Å². The molecule has 0 spiro atoms. The van der Waals surface area contributed by atoms with E-state index in [1.54, 1.807) is 30.2 Å². The van der Waals surface area contributed by atoms with Gasteiger partial charge in [0, 0.05) is 45.0 Å². The maximum atomic E-state index is 13.2. The molecule has 2 heterocycles. The first kappa shape index (κ1) is 23.1. The Hall–Kier alpha value is -3.11. The Morgan fingerprint density at radius 3 is 2.30 bits per heavy atom. The quantitative estimate of drug-likeness (QED) is 0.672. The number of hydrogen-bond acceptors (Lipinski definition) is 6. The molecule has 2 saturated heterocycles. The highest BCUT2D eigenvalue weighted by Gasteiger charge is 2.40. The van der Waals surface area contributed by atoms with Crippen LogP contribution >= 0.6 is 0 Å². The van der Waals surface area contributed by atoms with Crippen molar-refractivity contribution in [2.24, 2.45) is 0 Å². The molecule has 0 unspecified atom stereocenters. The highest BCUT2D eigenvalue weighted by Crippen LogP contribution is 2.23. The minimum absolute atomic E-state index is 0.116. The van der Waals surface area contributed by atoms with E-state index in [1.807, 2.05) is 24.3 Å². The Morgan fingerprint density at radius 1 is 1.00 bits per heavy atom. The van der Waals surface area contributed by atoms with Gasteiger partial charge in [-0.1, -0.05) is 18.2 Å². The largest absolute Gasteiger partial charge is 0.497 e. The van der Waals surface area contributed by atoms with Gasteiger partial charge in [0.2, 0.25) is 21.8 Å². The lowest BCUT2D eigenvalue weighted by Gasteiger charge is -2.38. The number of methoxy groups -OCH3 is 1. The predicted octanol–water partition coefficient (Wildman–Crippen LogP) is 0.923. The number of benzene rings is 2. The summed E-state index contributed by atoms with van der Waals surface area (Å²) in [6, 6.07) is 14.7. The number of amides is 2. The van der Waals surface area contributed by atoms with Gasteiger partial charge in [0.15, 0.2) is 0 Å². The van der Waals surface area contributed by atoms with Crippen LogP contribution in [-0.2, 0) is 19.6 Å². The van der Waals surface area contributed by atoms with E-state index in [1.165, 1.54) is 12.1 Å². The van der Waals surface area contributed by atoms with E-state index in [9.17, 15) is 18.0 Å². The number of carbonyl (C=O) groups excluding carboxylic acids is 2. The van der Waals surface area contributed by atoms with Gasteiger partial charge in [-0.2, -0.15) is 4.31 Å². The zero-order chi connectivity index (χ0) is 23.4. The summed E-state index contributed by atoms with van der Waals surface area (Å²) in [5.41, 5.74) is 1.05. The normalized spacial score (nSPS) is 19.8. The summed E-state index contributed by atoms with van der Waals surface area (Å²) in [4.78, 5) is 29.6.